The number of pyridine rings is 1. The number of benzene rings is 1. The van der Waals surface area contributed by atoms with Gasteiger partial charge < -0.3 is 19.3 Å². The second-order valence-electron chi connectivity index (χ2n) is 7.84. The number of nitrogens with zero attached hydrogens (tertiary/aromatic N) is 2. The average molecular weight is 424 g/mol. The van der Waals surface area contributed by atoms with Crippen LogP contribution in [0.4, 0.5) is 10.1 Å². The molecule has 1 aromatic heterocycles. The van der Waals surface area contributed by atoms with Gasteiger partial charge >= 0.3 is 5.97 Å². The van der Waals surface area contributed by atoms with Crippen LogP contribution in [0.1, 0.15) is 42.6 Å². The summed E-state index contributed by atoms with van der Waals surface area (Å²) >= 11 is 5.76. The van der Waals surface area contributed by atoms with Gasteiger partial charge in [0.05, 0.1) is 12.6 Å². The normalized spacial score (nSPS) is 20.3. The lowest BCUT2D eigenvalue weighted by atomic mass is 10.0. The number of aromatic carboxylic acids is 1. The van der Waals surface area contributed by atoms with E-state index in [0.29, 0.717) is 29.7 Å². The smallest absolute Gasteiger partial charge is 0.341 e. The Morgan fingerprint density at radius 2 is 2.10 bits per heavy atom. The molecule has 9 heteroatoms. The Kier molecular flexibility index (Phi) is 5.16. The molecule has 2 aromatic rings. The minimum absolute atomic E-state index is 0.0685. The van der Waals surface area contributed by atoms with E-state index in [1.54, 1.807) is 0 Å². The molecule has 1 aliphatic carbocycles. The van der Waals surface area contributed by atoms with Crippen LogP contribution >= 0.6 is 11.8 Å². The molecule has 0 bridgehead atoms. The molecule has 2 atom stereocenters. The van der Waals surface area contributed by atoms with E-state index in [1.807, 2.05) is 11.8 Å². The summed E-state index contributed by atoms with van der Waals surface area (Å²) in [4.78, 5) is 29.0. The minimum Gasteiger partial charge on any atom is -0.492 e. The van der Waals surface area contributed by atoms with E-state index in [4.69, 9.17) is 16.5 Å². The van der Waals surface area contributed by atoms with Crippen molar-refractivity contribution in [1.29, 1.82) is 0 Å². The molecular weight excluding hydrogens is 401 g/mol. The standard InChI is InChI=1S/C20H23ClFN3O4/c1-10(23-21)11-5-6-24(9-11)17-15(22)8-12-7-14(20(27)28)19(26)25(13-3-4-13)16(12)18(17)29-2/h7-8,10-11,13,23H,3-6,9H2,1-2H3,(H,27,28)/t10-,11+/m0/s1. The lowest BCUT2D eigenvalue weighted by Crippen LogP contribution is -2.31. The van der Waals surface area contributed by atoms with Crippen LogP contribution in [0.15, 0.2) is 16.9 Å². The molecule has 2 heterocycles. The number of fused-ring (bicyclic) bond motifs is 1. The number of carbonyl (C=O) groups is 1. The van der Waals surface area contributed by atoms with Crippen LogP contribution in [-0.4, -0.2) is 41.9 Å². The number of anilines is 1. The molecule has 1 aromatic carbocycles. The predicted molar refractivity (Wildman–Crippen MR) is 109 cm³/mol. The zero-order chi connectivity index (χ0) is 20.9. The summed E-state index contributed by atoms with van der Waals surface area (Å²) in [6, 6.07) is 2.51. The maximum absolute atomic E-state index is 15.2. The maximum atomic E-state index is 15.2. The van der Waals surface area contributed by atoms with Crippen LogP contribution in [0.3, 0.4) is 0 Å². The topological polar surface area (TPSA) is 83.8 Å². The molecule has 0 spiro atoms. The Balaban J connectivity index is 1.93. The Morgan fingerprint density at radius 3 is 2.69 bits per heavy atom. The van der Waals surface area contributed by atoms with Crippen molar-refractivity contribution in [3.63, 3.8) is 0 Å². The third-order valence-electron chi connectivity index (χ3n) is 5.97. The predicted octanol–water partition coefficient (Wildman–Crippen LogP) is 3.14. The lowest BCUT2D eigenvalue weighted by molar-refractivity contribution is 0.0694. The van der Waals surface area contributed by atoms with Gasteiger partial charge in [-0.15, -0.1) is 0 Å². The van der Waals surface area contributed by atoms with Gasteiger partial charge in [0.2, 0.25) is 0 Å². The van der Waals surface area contributed by atoms with E-state index in [-0.39, 0.29) is 29.3 Å². The van der Waals surface area contributed by atoms with Gasteiger partial charge in [-0.05, 0) is 56.0 Å². The van der Waals surface area contributed by atoms with Crippen molar-refractivity contribution in [2.45, 2.75) is 38.3 Å². The first kappa shape index (κ1) is 20.0. The van der Waals surface area contributed by atoms with Crippen molar-refractivity contribution < 1.29 is 19.0 Å². The molecule has 156 valence electrons. The molecule has 1 aliphatic heterocycles. The van der Waals surface area contributed by atoms with E-state index < -0.39 is 17.3 Å². The SMILES string of the molecule is COc1c(N2CC[C@@H]([C@H](C)NCl)C2)c(F)cc2cc(C(=O)O)c(=O)n(C3CC3)c12. The van der Waals surface area contributed by atoms with E-state index in [9.17, 15) is 14.7 Å². The van der Waals surface area contributed by atoms with Gasteiger partial charge in [-0.25, -0.2) is 14.0 Å². The molecular formula is C20H23ClFN3O4. The number of nitrogens with one attached hydrogen (secondary N) is 1. The highest BCUT2D eigenvalue weighted by atomic mass is 35.5. The van der Waals surface area contributed by atoms with E-state index >= 15 is 4.39 Å². The summed E-state index contributed by atoms with van der Waals surface area (Å²) in [6.45, 7) is 3.21. The largest absolute Gasteiger partial charge is 0.492 e. The Labute approximate surface area is 172 Å². The fraction of sp³-hybridized carbons (Fsp3) is 0.500. The Morgan fingerprint density at radius 1 is 1.38 bits per heavy atom. The van der Waals surface area contributed by atoms with Crippen molar-refractivity contribution in [2.24, 2.45) is 5.92 Å². The molecule has 0 radical (unpaired) electrons. The van der Waals surface area contributed by atoms with Crippen molar-refractivity contribution >= 4 is 34.3 Å². The zero-order valence-electron chi connectivity index (χ0n) is 16.2. The lowest BCUT2D eigenvalue weighted by Gasteiger charge is -2.25. The summed E-state index contributed by atoms with van der Waals surface area (Å²) in [7, 11) is 1.45. The highest BCUT2D eigenvalue weighted by Gasteiger charge is 2.34. The van der Waals surface area contributed by atoms with Gasteiger partial charge in [0, 0.05) is 30.6 Å². The molecule has 4 rings (SSSR count). The summed E-state index contributed by atoms with van der Waals surface area (Å²) in [5.74, 6) is -1.31. The molecule has 7 nitrogen and oxygen atoms in total. The zero-order valence-corrected chi connectivity index (χ0v) is 17.0. The Hall–Kier alpha value is -2.32. The van der Waals surface area contributed by atoms with E-state index in [0.717, 1.165) is 19.3 Å². The molecule has 1 saturated heterocycles. The molecule has 29 heavy (non-hydrogen) atoms. The van der Waals surface area contributed by atoms with Gasteiger partial charge in [0.15, 0.2) is 11.6 Å². The molecule has 0 amide bonds. The van der Waals surface area contributed by atoms with Crippen molar-refractivity contribution in [3.05, 3.63) is 33.9 Å². The van der Waals surface area contributed by atoms with Crippen molar-refractivity contribution in [2.75, 3.05) is 25.1 Å². The second kappa shape index (κ2) is 7.50. The quantitative estimate of drug-likeness (QED) is 0.694. The van der Waals surface area contributed by atoms with Gasteiger partial charge in [0.1, 0.15) is 11.3 Å². The number of carboxylic acids is 1. The summed E-state index contributed by atoms with van der Waals surface area (Å²) in [5.41, 5.74) is -0.181. The van der Waals surface area contributed by atoms with Crippen molar-refractivity contribution in [1.82, 2.24) is 9.40 Å². The first-order valence-corrected chi connectivity index (χ1v) is 10.0. The summed E-state index contributed by atoms with van der Waals surface area (Å²) < 4.78 is 22.3. The average Bonchev–Trinajstić information content (AvgIpc) is 3.41. The molecule has 2 N–H and O–H groups in total. The van der Waals surface area contributed by atoms with Crippen LogP contribution in [-0.2, 0) is 0 Å². The number of aromatic nitrogens is 1. The van der Waals surface area contributed by atoms with Crippen LogP contribution in [0, 0.1) is 11.7 Å². The minimum atomic E-state index is -1.32. The summed E-state index contributed by atoms with van der Waals surface area (Å²) in [5, 5.41) is 9.76. The third-order valence-corrected chi connectivity index (χ3v) is 6.31. The summed E-state index contributed by atoms with van der Waals surface area (Å²) in [6.07, 6.45) is 2.40. The van der Waals surface area contributed by atoms with Gasteiger partial charge in [0.25, 0.3) is 5.56 Å². The molecule has 2 fully saturated rings. The number of hydrogen-bond donors (Lipinski definition) is 2. The molecule has 2 aliphatic rings. The number of halogens is 2. The molecule has 0 unspecified atom stereocenters. The van der Waals surface area contributed by atoms with Gasteiger partial charge in [-0.3, -0.25) is 4.79 Å². The maximum Gasteiger partial charge on any atom is 0.341 e. The first-order chi connectivity index (χ1) is 13.9. The third kappa shape index (κ3) is 3.34. The number of ether oxygens (including phenoxy) is 1. The fourth-order valence-electron chi connectivity index (χ4n) is 4.24. The number of rotatable bonds is 6. The molecule has 1 saturated carbocycles. The van der Waals surface area contributed by atoms with Gasteiger partial charge in [-0.2, -0.15) is 0 Å². The number of methoxy groups -OCH3 is 1. The highest BCUT2D eigenvalue weighted by Crippen LogP contribution is 2.44. The second-order valence-corrected chi connectivity index (χ2v) is 8.06. The van der Waals surface area contributed by atoms with Crippen LogP contribution in [0.5, 0.6) is 5.75 Å². The van der Waals surface area contributed by atoms with Crippen LogP contribution in [0.25, 0.3) is 10.9 Å². The van der Waals surface area contributed by atoms with Crippen LogP contribution < -0.4 is 20.0 Å². The number of carboxylic acid groups (broad SMARTS) is 1. The van der Waals surface area contributed by atoms with Gasteiger partial charge in [-0.1, -0.05) is 0 Å². The Bertz CT molecular complexity index is 1040. The monoisotopic (exact) mass is 423 g/mol. The first-order valence-electron chi connectivity index (χ1n) is 9.67. The number of hydrogen-bond acceptors (Lipinski definition) is 5. The van der Waals surface area contributed by atoms with Crippen LogP contribution in [0.2, 0.25) is 0 Å². The fourth-order valence-corrected chi connectivity index (χ4v) is 4.42. The van der Waals surface area contributed by atoms with E-state index in [1.165, 1.54) is 23.8 Å². The van der Waals surface area contributed by atoms with E-state index in [2.05, 4.69) is 4.84 Å². The van der Waals surface area contributed by atoms with Crippen molar-refractivity contribution in [3.8, 4) is 5.75 Å². The highest BCUT2D eigenvalue weighted by molar-refractivity contribution is 6.13.